The molecule has 0 N–H and O–H groups in total. The Morgan fingerprint density at radius 3 is 2.23 bits per heavy atom. The molecule has 1 aromatic rings. The van der Waals surface area contributed by atoms with Crippen molar-refractivity contribution in [2.75, 3.05) is 0 Å². The summed E-state index contributed by atoms with van der Waals surface area (Å²) in [6, 6.07) is 14.0. The minimum absolute atomic E-state index is 0.0435. The molecule has 0 spiro atoms. The van der Waals surface area contributed by atoms with Gasteiger partial charge in [-0.05, 0) is 0 Å². The molecule has 0 atom stereocenters. The molecule has 1 aromatic carbocycles. The van der Waals surface area contributed by atoms with E-state index in [2.05, 4.69) is 50.0 Å². The molecule has 0 bridgehead atoms. The first kappa shape index (κ1) is 10.7. The molecule has 0 radical (unpaired) electrons. The monoisotopic (exact) mass is 208 g/mol. The lowest BCUT2D eigenvalue weighted by Gasteiger charge is -2.14. The molecular formula is C11H20Si2. The molecule has 0 heterocycles. The molecule has 0 unspecified atom stereocenters. The quantitative estimate of drug-likeness (QED) is 0.666. The van der Waals surface area contributed by atoms with Gasteiger partial charge < -0.3 is 0 Å². The fourth-order valence-electron chi connectivity index (χ4n) is 1.47. The van der Waals surface area contributed by atoms with Gasteiger partial charge in [0.05, 0.1) is 9.52 Å². The fraction of sp³-hybridized carbons (Fsp3) is 0.455. The van der Waals surface area contributed by atoms with Crippen LogP contribution in [0.15, 0.2) is 30.3 Å². The second-order valence-electron chi connectivity index (χ2n) is 4.90. The zero-order chi connectivity index (χ0) is 9.73. The van der Waals surface area contributed by atoms with Gasteiger partial charge in [-0.25, -0.2) is 0 Å². The molecule has 0 amide bonds. The summed E-state index contributed by atoms with van der Waals surface area (Å²) in [5, 5.41) is 1.63. The molecule has 2 heteroatoms. The minimum atomic E-state index is -0.776. The minimum Gasteiger partial charge on any atom is -0.0696 e. The smallest absolute Gasteiger partial charge is 0.0544 e. The summed E-state index contributed by atoms with van der Waals surface area (Å²) in [5.41, 5.74) is 0. The maximum atomic E-state index is 2.46. The van der Waals surface area contributed by atoms with E-state index in [9.17, 15) is 0 Å². The van der Waals surface area contributed by atoms with Crippen LogP contribution in [0, 0.1) is 0 Å². The van der Waals surface area contributed by atoms with Crippen LogP contribution in [0.4, 0.5) is 0 Å². The van der Waals surface area contributed by atoms with Gasteiger partial charge in [-0.1, -0.05) is 67.2 Å². The van der Waals surface area contributed by atoms with Crippen LogP contribution >= 0.6 is 0 Å². The van der Waals surface area contributed by atoms with Crippen molar-refractivity contribution in [1.29, 1.82) is 0 Å². The highest BCUT2D eigenvalue weighted by atomic mass is 28.3. The van der Waals surface area contributed by atoms with Gasteiger partial charge in [0.2, 0.25) is 0 Å². The van der Waals surface area contributed by atoms with Gasteiger partial charge in [-0.3, -0.25) is 0 Å². The maximum absolute atomic E-state index is 2.46. The molecule has 0 aliphatic carbocycles. The third-order valence-corrected chi connectivity index (χ3v) is 6.55. The molecule has 0 aliphatic rings. The Hall–Kier alpha value is -0.346. The molecule has 0 saturated heterocycles. The summed E-state index contributed by atoms with van der Waals surface area (Å²) in [6.45, 7) is 7.39. The third kappa shape index (κ3) is 5.06. The second kappa shape index (κ2) is 4.77. The Morgan fingerprint density at radius 1 is 1.08 bits per heavy atom. The zero-order valence-corrected chi connectivity index (χ0v) is 11.4. The van der Waals surface area contributed by atoms with E-state index in [1.54, 1.807) is 5.19 Å². The summed E-state index contributed by atoms with van der Waals surface area (Å²) >= 11 is 0. The predicted octanol–water partition coefficient (Wildman–Crippen LogP) is 2.24. The Balaban J connectivity index is 2.29. The fourth-order valence-corrected chi connectivity index (χ4v) is 7.43. The van der Waals surface area contributed by atoms with E-state index < -0.39 is 8.07 Å². The van der Waals surface area contributed by atoms with Crippen molar-refractivity contribution < 1.29 is 0 Å². The SMILES string of the molecule is C[Si](C)(C)CC[SiH2]c1ccccc1. The van der Waals surface area contributed by atoms with E-state index in [-0.39, 0.29) is 9.52 Å². The van der Waals surface area contributed by atoms with E-state index in [1.165, 1.54) is 12.1 Å². The first-order valence-corrected chi connectivity index (χ1v) is 10.5. The molecule has 0 aromatic heterocycles. The number of hydrogen-bond donors (Lipinski definition) is 0. The average Bonchev–Trinajstić information content (AvgIpc) is 2.04. The van der Waals surface area contributed by atoms with Crippen molar-refractivity contribution in [2.24, 2.45) is 0 Å². The van der Waals surface area contributed by atoms with Crippen LogP contribution in [-0.2, 0) is 0 Å². The van der Waals surface area contributed by atoms with Crippen molar-refractivity contribution in [3.05, 3.63) is 30.3 Å². The van der Waals surface area contributed by atoms with Crippen LogP contribution in [0.5, 0.6) is 0 Å². The van der Waals surface area contributed by atoms with E-state index in [0.29, 0.717) is 0 Å². The van der Waals surface area contributed by atoms with Gasteiger partial charge in [0, 0.05) is 8.07 Å². The largest absolute Gasteiger partial charge is 0.0696 e. The lowest BCUT2D eigenvalue weighted by Crippen LogP contribution is -2.22. The molecule has 0 nitrogen and oxygen atoms in total. The predicted molar refractivity (Wildman–Crippen MR) is 67.6 cm³/mol. The van der Waals surface area contributed by atoms with Crippen LogP contribution in [-0.4, -0.2) is 17.6 Å². The Bertz CT molecular complexity index is 236. The number of benzene rings is 1. The lowest BCUT2D eigenvalue weighted by atomic mass is 10.4. The highest BCUT2D eigenvalue weighted by Gasteiger charge is 2.11. The van der Waals surface area contributed by atoms with Crippen molar-refractivity contribution in [1.82, 2.24) is 0 Å². The highest BCUT2D eigenvalue weighted by Crippen LogP contribution is 2.10. The molecule has 0 fully saturated rings. The van der Waals surface area contributed by atoms with Crippen LogP contribution in [0.3, 0.4) is 0 Å². The Kier molecular flexibility index (Phi) is 3.94. The van der Waals surface area contributed by atoms with E-state index in [1.807, 2.05) is 0 Å². The van der Waals surface area contributed by atoms with Crippen molar-refractivity contribution in [2.45, 2.75) is 31.7 Å². The molecule has 72 valence electrons. The number of hydrogen-bond acceptors (Lipinski definition) is 0. The van der Waals surface area contributed by atoms with Crippen molar-refractivity contribution in [3.8, 4) is 0 Å². The van der Waals surface area contributed by atoms with Gasteiger partial charge in [-0.2, -0.15) is 0 Å². The summed E-state index contributed by atoms with van der Waals surface area (Å²) in [4.78, 5) is 0. The summed E-state index contributed by atoms with van der Waals surface area (Å²) in [7, 11) is -0.733. The Labute approximate surface area is 85.2 Å². The number of rotatable bonds is 4. The maximum Gasteiger partial charge on any atom is 0.0544 e. The summed E-state index contributed by atoms with van der Waals surface area (Å²) in [6.07, 6.45) is 0. The van der Waals surface area contributed by atoms with Crippen molar-refractivity contribution in [3.63, 3.8) is 0 Å². The first-order chi connectivity index (χ1) is 6.08. The van der Waals surface area contributed by atoms with Crippen LogP contribution < -0.4 is 5.19 Å². The van der Waals surface area contributed by atoms with Crippen LogP contribution in [0.2, 0.25) is 31.7 Å². The van der Waals surface area contributed by atoms with Gasteiger partial charge in [-0.15, -0.1) is 0 Å². The van der Waals surface area contributed by atoms with E-state index in [0.717, 1.165) is 0 Å². The van der Waals surface area contributed by atoms with E-state index >= 15 is 0 Å². The Morgan fingerprint density at radius 2 is 1.69 bits per heavy atom. The zero-order valence-electron chi connectivity index (χ0n) is 9.01. The molecule has 1 rings (SSSR count). The second-order valence-corrected chi connectivity index (χ2v) is 12.5. The van der Waals surface area contributed by atoms with E-state index in [4.69, 9.17) is 0 Å². The average molecular weight is 208 g/mol. The van der Waals surface area contributed by atoms with Gasteiger partial charge >= 0.3 is 0 Å². The summed E-state index contributed by atoms with van der Waals surface area (Å²) in [5.74, 6) is 0. The highest BCUT2D eigenvalue weighted by molar-refractivity contribution is 6.77. The van der Waals surface area contributed by atoms with Crippen LogP contribution in [0.25, 0.3) is 0 Å². The van der Waals surface area contributed by atoms with Gasteiger partial charge in [0.15, 0.2) is 0 Å². The standard InChI is InChI=1S/C11H20Si2/c1-13(2,3)10-9-12-11-7-5-4-6-8-11/h4-8H,9-10,12H2,1-3H3. The summed E-state index contributed by atoms with van der Waals surface area (Å²) < 4.78 is 0. The normalized spacial score (nSPS) is 12.5. The van der Waals surface area contributed by atoms with Gasteiger partial charge in [0.25, 0.3) is 0 Å². The molecule has 13 heavy (non-hydrogen) atoms. The topological polar surface area (TPSA) is 0 Å². The van der Waals surface area contributed by atoms with Crippen LogP contribution in [0.1, 0.15) is 0 Å². The molecule has 0 saturated carbocycles. The molecule has 0 aliphatic heterocycles. The molecular weight excluding hydrogens is 188 g/mol. The van der Waals surface area contributed by atoms with Gasteiger partial charge in [0.1, 0.15) is 0 Å². The third-order valence-electron chi connectivity index (χ3n) is 2.24. The lowest BCUT2D eigenvalue weighted by molar-refractivity contribution is 1.33. The van der Waals surface area contributed by atoms with Crippen molar-refractivity contribution >= 4 is 22.8 Å². The first-order valence-electron chi connectivity index (χ1n) is 5.12.